The quantitative estimate of drug-likeness (QED) is 0.491. The maximum absolute atomic E-state index is 12.7. The molecule has 4 rings (SSSR count). The lowest BCUT2D eigenvalue weighted by atomic mass is 10.1. The summed E-state index contributed by atoms with van der Waals surface area (Å²) in [5, 5.41) is 11.8. The fourth-order valence-electron chi connectivity index (χ4n) is 3.33. The van der Waals surface area contributed by atoms with Crippen LogP contribution in [0.15, 0.2) is 53.1 Å². The number of aryl methyl sites for hydroxylation is 2. The summed E-state index contributed by atoms with van der Waals surface area (Å²) in [5.74, 6) is -0.466. The van der Waals surface area contributed by atoms with Gasteiger partial charge in [0.05, 0.1) is 28.0 Å². The van der Waals surface area contributed by atoms with Crippen molar-refractivity contribution in [3.05, 3.63) is 65.5 Å². The zero-order valence-corrected chi connectivity index (χ0v) is 17.7. The molecule has 0 bridgehead atoms. The molecular weight excluding hydrogens is 396 g/mol. The van der Waals surface area contributed by atoms with Crippen LogP contribution in [0.25, 0.3) is 22.2 Å². The minimum absolute atomic E-state index is 0.307. The van der Waals surface area contributed by atoms with Crippen LogP contribution in [0.5, 0.6) is 0 Å². The van der Waals surface area contributed by atoms with E-state index in [1.807, 2.05) is 37.3 Å². The van der Waals surface area contributed by atoms with Gasteiger partial charge in [-0.1, -0.05) is 35.5 Å². The van der Waals surface area contributed by atoms with Crippen molar-refractivity contribution in [2.45, 2.75) is 26.9 Å². The van der Waals surface area contributed by atoms with Crippen LogP contribution in [0.4, 0.5) is 5.69 Å². The monoisotopic (exact) mass is 418 g/mol. The molecule has 158 valence electrons. The first-order valence-corrected chi connectivity index (χ1v) is 9.82. The molecule has 2 aromatic heterocycles. The summed E-state index contributed by atoms with van der Waals surface area (Å²) in [7, 11) is 1.80. The van der Waals surface area contributed by atoms with Gasteiger partial charge in [0.15, 0.2) is 11.9 Å². The average Bonchev–Trinajstić information content (AvgIpc) is 3.29. The third-order valence-electron chi connectivity index (χ3n) is 5.16. The van der Waals surface area contributed by atoms with Crippen LogP contribution in [-0.2, 0) is 16.6 Å². The maximum Gasteiger partial charge on any atom is 0.338 e. The summed E-state index contributed by atoms with van der Waals surface area (Å²) >= 11 is 0. The number of hydrogen-bond donors (Lipinski definition) is 1. The third-order valence-corrected chi connectivity index (χ3v) is 5.16. The molecule has 2 heterocycles. The molecule has 0 spiro atoms. The molecule has 0 saturated carbocycles. The van der Waals surface area contributed by atoms with Crippen molar-refractivity contribution in [2.75, 3.05) is 5.32 Å². The first-order valence-electron chi connectivity index (χ1n) is 9.82. The molecular formula is C23H22N4O4. The Morgan fingerprint density at radius 3 is 2.55 bits per heavy atom. The fraction of sp³-hybridized carbons (Fsp3) is 0.217. The van der Waals surface area contributed by atoms with E-state index in [9.17, 15) is 9.59 Å². The predicted octanol–water partition coefficient (Wildman–Crippen LogP) is 4.03. The Labute approximate surface area is 178 Å². The number of hydrogen-bond acceptors (Lipinski definition) is 6. The van der Waals surface area contributed by atoms with Gasteiger partial charge in [-0.25, -0.2) is 4.79 Å². The largest absolute Gasteiger partial charge is 0.449 e. The van der Waals surface area contributed by atoms with Crippen LogP contribution in [0.1, 0.15) is 28.7 Å². The molecule has 8 nitrogen and oxygen atoms in total. The Hall–Kier alpha value is -3.94. The van der Waals surface area contributed by atoms with E-state index in [0.717, 1.165) is 11.3 Å². The molecule has 1 N–H and O–H groups in total. The Morgan fingerprint density at radius 1 is 1.13 bits per heavy atom. The van der Waals surface area contributed by atoms with Gasteiger partial charge >= 0.3 is 5.97 Å². The first kappa shape index (κ1) is 20.3. The molecule has 0 radical (unpaired) electrons. The van der Waals surface area contributed by atoms with Crippen LogP contribution in [0.2, 0.25) is 0 Å². The molecule has 2 aromatic carbocycles. The van der Waals surface area contributed by atoms with Crippen LogP contribution >= 0.6 is 0 Å². The number of carbonyl (C=O) groups excluding carboxylic acids is 2. The van der Waals surface area contributed by atoms with Gasteiger partial charge in [-0.3, -0.25) is 9.48 Å². The molecule has 1 amide bonds. The third kappa shape index (κ3) is 3.92. The van der Waals surface area contributed by atoms with Crippen molar-refractivity contribution >= 4 is 28.5 Å². The number of rotatable bonds is 5. The van der Waals surface area contributed by atoms with E-state index in [2.05, 4.69) is 15.6 Å². The van der Waals surface area contributed by atoms with Gasteiger partial charge in [0.2, 0.25) is 0 Å². The number of esters is 1. The van der Waals surface area contributed by atoms with Gasteiger partial charge in [-0.05, 0) is 39.0 Å². The predicted molar refractivity (Wildman–Crippen MR) is 116 cm³/mol. The summed E-state index contributed by atoms with van der Waals surface area (Å²) in [6.45, 7) is 5.18. The lowest BCUT2D eigenvalue weighted by molar-refractivity contribution is -0.123. The molecule has 0 aliphatic heterocycles. The molecule has 0 saturated heterocycles. The van der Waals surface area contributed by atoms with E-state index in [-0.39, 0.29) is 0 Å². The van der Waals surface area contributed by atoms with Crippen molar-refractivity contribution in [3.63, 3.8) is 0 Å². The maximum atomic E-state index is 12.7. The number of nitrogens with zero attached hydrogens (tertiary/aromatic N) is 3. The number of ether oxygens (including phenoxy) is 1. The second kappa shape index (κ2) is 8.06. The smallest absolute Gasteiger partial charge is 0.338 e. The van der Waals surface area contributed by atoms with Crippen molar-refractivity contribution in [3.8, 4) is 11.3 Å². The number of fused-ring (bicyclic) bond motifs is 1. The van der Waals surface area contributed by atoms with E-state index < -0.39 is 18.0 Å². The van der Waals surface area contributed by atoms with E-state index >= 15 is 0 Å². The highest BCUT2D eigenvalue weighted by atomic mass is 16.5. The second-order valence-electron chi connectivity index (χ2n) is 7.32. The fourth-order valence-corrected chi connectivity index (χ4v) is 3.33. The summed E-state index contributed by atoms with van der Waals surface area (Å²) in [4.78, 5) is 25.2. The zero-order chi connectivity index (χ0) is 22.1. The summed E-state index contributed by atoms with van der Waals surface area (Å²) in [6.07, 6.45) is -0.988. The standard InChI is InChI=1S/C23H22N4O4/c1-13-20(14(2)27(4)25-13)24-22(28)15(3)30-23(29)17-10-11-19-18(12-17)21(31-26-19)16-8-6-5-7-9-16/h5-12,15H,1-4H3,(H,24,28)/t15-/m1/s1. The number of benzene rings is 2. The Kier molecular flexibility index (Phi) is 5.29. The molecule has 31 heavy (non-hydrogen) atoms. The van der Waals surface area contributed by atoms with Crippen LogP contribution in [-0.4, -0.2) is 32.9 Å². The number of aromatic nitrogens is 3. The van der Waals surface area contributed by atoms with Gasteiger partial charge in [0.25, 0.3) is 5.91 Å². The second-order valence-corrected chi connectivity index (χ2v) is 7.32. The zero-order valence-electron chi connectivity index (χ0n) is 17.7. The Balaban J connectivity index is 1.52. The van der Waals surface area contributed by atoms with Crippen molar-refractivity contribution in [2.24, 2.45) is 7.05 Å². The topological polar surface area (TPSA) is 99.2 Å². The van der Waals surface area contributed by atoms with E-state index in [1.165, 1.54) is 6.92 Å². The first-order chi connectivity index (χ1) is 14.8. The number of carbonyl (C=O) groups is 2. The normalized spacial score (nSPS) is 12.0. The Morgan fingerprint density at radius 2 is 1.87 bits per heavy atom. The van der Waals surface area contributed by atoms with Gasteiger partial charge < -0.3 is 14.6 Å². The summed E-state index contributed by atoms with van der Waals surface area (Å²) in [5.41, 5.74) is 3.92. The Bertz CT molecular complexity index is 1270. The number of nitrogens with one attached hydrogen (secondary N) is 1. The highest BCUT2D eigenvalue weighted by Crippen LogP contribution is 2.29. The van der Waals surface area contributed by atoms with Crippen molar-refractivity contribution in [1.82, 2.24) is 14.9 Å². The van der Waals surface area contributed by atoms with Gasteiger partial charge in [-0.2, -0.15) is 5.10 Å². The van der Waals surface area contributed by atoms with Crippen LogP contribution in [0.3, 0.4) is 0 Å². The molecule has 8 heteroatoms. The summed E-state index contributed by atoms with van der Waals surface area (Å²) in [6, 6.07) is 14.5. The average molecular weight is 418 g/mol. The minimum atomic E-state index is -0.988. The molecule has 0 aliphatic rings. The molecule has 0 aliphatic carbocycles. The van der Waals surface area contributed by atoms with Crippen molar-refractivity contribution in [1.29, 1.82) is 0 Å². The lowest BCUT2D eigenvalue weighted by Gasteiger charge is -2.14. The van der Waals surface area contributed by atoms with Gasteiger partial charge in [0, 0.05) is 12.6 Å². The number of anilines is 1. The minimum Gasteiger partial charge on any atom is -0.449 e. The highest BCUT2D eigenvalue weighted by molar-refractivity contribution is 6.01. The lowest BCUT2D eigenvalue weighted by Crippen LogP contribution is -2.30. The van der Waals surface area contributed by atoms with E-state index in [1.54, 1.807) is 36.9 Å². The van der Waals surface area contributed by atoms with Crippen molar-refractivity contribution < 1.29 is 18.8 Å². The summed E-state index contributed by atoms with van der Waals surface area (Å²) < 4.78 is 12.6. The molecule has 1 atom stereocenters. The molecule has 4 aromatic rings. The van der Waals surface area contributed by atoms with E-state index in [4.69, 9.17) is 9.26 Å². The number of amides is 1. The van der Waals surface area contributed by atoms with Crippen LogP contribution < -0.4 is 5.32 Å². The molecule has 0 fully saturated rings. The molecule has 0 unspecified atom stereocenters. The van der Waals surface area contributed by atoms with Gasteiger partial charge in [0.1, 0.15) is 5.52 Å². The van der Waals surface area contributed by atoms with Crippen LogP contribution in [0, 0.1) is 13.8 Å². The SMILES string of the molecule is Cc1nn(C)c(C)c1NC(=O)[C@@H](C)OC(=O)c1ccc2noc(-c3ccccc3)c2c1. The highest BCUT2D eigenvalue weighted by Gasteiger charge is 2.22. The van der Waals surface area contributed by atoms with E-state index in [0.29, 0.717) is 33.6 Å². The van der Waals surface area contributed by atoms with Gasteiger partial charge in [-0.15, -0.1) is 0 Å².